The molecule has 10 nitrogen and oxygen atoms in total. The summed E-state index contributed by atoms with van der Waals surface area (Å²) in [5, 5.41) is 13.8. The highest BCUT2D eigenvalue weighted by molar-refractivity contribution is 5.94. The second-order valence-electron chi connectivity index (χ2n) is 11.1. The highest BCUT2D eigenvalue weighted by Gasteiger charge is 2.28. The third kappa shape index (κ3) is 5.69. The number of carbonyl (C=O) groups is 2. The Labute approximate surface area is 222 Å². The molecule has 202 valence electrons. The van der Waals surface area contributed by atoms with Gasteiger partial charge in [0.15, 0.2) is 0 Å². The monoisotopic (exact) mass is 520 g/mol. The van der Waals surface area contributed by atoms with E-state index in [0.29, 0.717) is 31.9 Å². The lowest BCUT2D eigenvalue weighted by Crippen LogP contribution is -2.50. The van der Waals surface area contributed by atoms with E-state index in [1.807, 2.05) is 33.0 Å². The number of amides is 1. The zero-order chi connectivity index (χ0) is 26.9. The molecule has 0 bridgehead atoms. The van der Waals surface area contributed by atoms with Crippen LogP contribution in [0.5, 0.6) is 0 Å². The fourth-order valence-corrected chi connectivity index (χ4v) is 5.30. The molecule has 2 aliphatic rings. The molecule has 1 aliphatic carbocycles. The third-order valence-electron chi connectivity index (χ3n) is 7.28. The van der Waals surface area contributed by atoms with Gasteiger partial charge in [0.05, 0.1) is 11.4 Å². The average molecular weight is 521 g/mol. The van der Waals surface area contributed by atoms with Crippen LogP contribution in [-0.4, -0.2) is 74.4 Å². The maximum Gasteiger partial charge on any atom is 0.410 e. The number of aromatic nitrogens is 3. The van der Waals surface area contributed by atoms with Crippen LogP contribution in [0.25, 0.3) is 16.7 Å². The molecule has 1 saturated heterocycles. The van der Waals surface area contributed by atoms with Gasteiger partial charge in [-0.2, -0.15) is 4.98 Å². The number of hydrogen-bond donors (Lipinski definition) is 2. The van der Waals surface area contributed by atoms with E-state index >= 15 is 0 Å². The first-order valence-electron chi connectivity index (χ1n) is 13.3. The smallest absolute Gasteiger partial charge is 0.410 e. The van der Waals surface area contributed by atoms with Crippen molar-refractivity contribution in [1.29, 1.82) is 0 Å². The summed E-state index contributed by atoms with van der Waals surface area (Å²) >= 11 is 0. The first kappa shape index (κ1) is 25.8. The minimum absolute atomic E-state index is 0.174. The number of aliphatic carboxylic acids is 1. The van der Waals surface area contributed by atoms with E-state index in [-0.39, 0.29) is 18.1 Å². The van der Waals surface area contributed by atoms with E-state index in [9.17, 15) is 14.7 Å². The maximum absolute atomic E-state index is 12.5. The molecule has 0 unspecified atom stereocenters. The number of nitrogens with zero attached hydrogens (tertiary/aromatic N) is 5. The van der Waals surface area contributed by atoms with Gasteiger partial charge in [0.1, 0.15) is 11.4 Å². The van der Waals surface area contributed by atoms with Crippen molar-refractivity contribution < 1.29 is 19.4 Å². The number of piperazine rings is 1. The van der Waals surface area contributed by atoms with Crippen molar-refractivity contribution in [2.24, 2.45) is 5.92 Å². The molecule has 2 fully saturated rings. The van der Waals surface area contributed by atoms with Gasteiger partial charge in [0.2, 0.25) is 5.95 Å². The van der Waals surface area contributed by atoms with Crippen molar-refractivity contribution in [2.75, 3.05) is 36.4 Å². The molecular weight excluding hydrogens is 484 g/mol. The Morgan fingerprint density at radius 3 is 2.45 bits per heavy atom. The van der Waals surface area contributed by atoms with Crippen molar-refractivity contribution in [1.82, 2.24) is 19.4 Å². The topological polar surface area (TPSA) is 113 Å². The predicted molar refractivity (Wildman–Crippen MR) is 146 cm³/mol. The van der Waals surface area contributed by atoms with Crippen molar-refractivity contribution in [3.8, 4) is 5.82 Å². The van der Waals surface area contributed by atoms with E-state index in [0.717, 1.165) is 48.3 Å². The minimum atomic E-state index is -0.703. The lowest BCUT2D eigenvalue weighted by Gasteiger charge is -2.37. The Balaban J connectivity index is 1.29. The number of carbonyl (C=O) groups excluding carboxylic acids is 1. The maximum atomic E-state index is 12.5. The molecule has 1 amide bonds. The van der Waals surface area contributed by atoms with Crippen molar-refractivity contribution in [2.45, 2.75) is 58.1 Å². The Hall–Kier alpha value is -3.82. The number of benzene rings is 1. The van der Waals surface area contributed by atoms with Gasteiger partial charge in [-0.1, -0.05) is 6.07 Å². The number of hydrogen-bond acceptors (Lipinski definition) is 7. The third-order valence-corrected chi connectivity index (χ3v) is 7.28. The van der Waals surface area contributed by atoms with Crippen LogP contribution in [0.1, 0.15) is 46.5 Å². The average Bonchev–Trinajstić information content (AvgIpc) is 3.33. The SMILES string of the molecule is CC(C)(C)OC(=O)N1CCN(c2cccc3c2ccn3-c2ccnc(N[C@H]3CC[C@H](C(=O)O)CC3)n2)CC1. The predicted octanol–water partition coefficient (Wildman–Crippen LogP) is 4.53. The van der Waals surface area contributed by atoms with Crippen LogP contribution in [0.4, 0.5) is 16.4 Å². The molecule has 1 aliphatic heterocycles. The molecule has 1 aromatic carbocycles. The highest BCUT2D eigenvalue weighted by atomic mass is 16.6. The molecule has 5 rings (SSSR count). The highest BCUT2D eigenvalue weighted by Crippen LogP contribution is 2.31. The summed E-state index contributed by atoms with van der Waals surface area (Å²) < 4.78 is 7.60. The summed E-state index contributed by atoms with van der Waals surface area (Å²) in [4.78, 5) is 37.0. The summed E-state index contributed by atoms with van der Waals surface area (Å²) in [6.07, 6.45) is 6.44. The van der Waals surface area contributed by atoms with Gasteiger partial charge in [-0.25, -0.2) is 9.78 Å². The number of nitrogens with one attached hydrogen (secondary N) is 1. The zero-order valence-electron chi connectivity index (χ0n) is 22.3. The van der Waals surface area contributed by atoms with E-state index in [1.165, 1.54) is 0 Å². The normalized spacial score (nSPS) is 20.4. The molecule has 2 aromatic heterocycles. The van der Waals surface area contributed by atoms with Gasteiger partial charge in [-0.3, -0.25) is 4.79 Å². The lowest BCUT2D eigenvalue weighted by atomic mass is 9.86. The molecule has 38 heavy (non-hydrogen) atoms. The number of carboxylic acid groups (broad SMARTS) is 1. The minimum Gasteiger partial charge on any atom is -0.481 e. The van der Waals surface area contributed by atoms with E-state index in [4.69, 9.17) is 9.72 Å². The van der Waals surface area contributed by atoms with Crippen LogP contribution in [0.2, 0.25) is 0 Å². The van der Waals surface area contributed by atoms with Crippen molar-refractivity contribution in [3.05, 3.63) is 42.7 Å². The lowest BCUT2D eigenvalue weighted by molar-refractivity contribution is -0.142. The molecular formula is C28H36N6O4. The standard InChI is InChI=1S/C28H36N6O4/c1-28(2,3)38-27(37)33-17-15-32(16-18-33)22-5-4-6-23-21(22)12-14-34(23)24-11-13-29-26(31-24)30-20-9-7-19(8-10-20)25(35)36/h4-6,11-14,19-20H,7-10,15-18H2,1-3H3,(H,35,36)(H,29,30,31)/t19-,20-. The Morgan fingerprint density at radius 1 is 1.03 bits per heavy atom. The Bertz CT molecular complexity index is 1300. The van der Waals surface area contributed by atoms with Crippen LogP contribution < -0.4 is 10.2 Å². The molecule has 1 saturated carbocycles. The van der Waals surface area contributed by atoms with Gasteiger partial charge in [0, 0.05) is 55.7 Å². The molecule has 0 radical (unpaired) electrons. The first-order chi connectivity index (χ1) is 18.2. The summed E-state index contributed by atoms with van der Waals surface area (Å²) in [7, 11) is 0. The fraction of sp³-hybridized carbons (Fsp3) is 0.500. The fourth-order valence-electron chi connectivity index (χ4n) is 5.30. The molecule has 10 heteroatoms. The van der Waals surface area contributed by atoms with Crippen molar-refractivity contribution >= 4 is 34.6 Å². The van der Waals surface area contributed by atoms with Crippen LogP contribution in [-0.2, 0) is 9.53 Å². The van der Waals surface area contributed by atoms with Gasteiger partial charge >= 0.3 is 12.1 Å². The largest absolute Gasteiger partial charge is 0.481 e. The van der Waals surface area contributed by atoms with Crippen molar-refractivity contribution in [3.63, 3.8) is 0 Å². The molecule has 0 atom stereocenters. The molecule has 0 spiro atoms. The molecule has 3 aromatic rings. The first-order valence-corrected chi connectivity index (χ1v) is 13.3. The van der Waals surface area contributed by atoms with Gasteiger partial charge in [0.25, 0.3) is 0 Å². The van der Waals surface area contributed by atoms with Crippen LogP contribution in [0.15, 0.2) is 42.7 Å². The van der Waals surface area contributed by atoms with E-state index in [2.05, 4.69) is 44.0 Å². The quantitative estimate of drug-likeness (QED) is 0.505. The number of carboxylic acids is 1. The van der Waals surface area contributed by atoms with Crippen LogP contribution >= 0.6 is 0 Å². The summed E-state index contributed by atoms with van der Waals surface area (Å²) in [5.74, 6) is 0.368. The molecule has 2 N–H and O–H groups in total. The zero-order valence-corrected chi connectivity index (χ0v) is 22.3. The van der Waals surface area contributed by atoms with Crippen LogP contribution in [0.3, 0.4) is 0 Å². The van der Waals surface area contributed by atoms with Gasteiger partial charge in [-0.05, 0) is 70.7 Å². The van der Waals surface area contributed by atoms with E-state index in [1.54, 1.807) is 11.1 Å². The second kappa shape index (κ2) is 10.5. The summed E-state index contributed by atoms with van der Waals surface area (Å²) in [6.45, 7) is 8.34. The van der Waals surface area contributed by atoms with E-state index < -0.39 is 11.6 Å². The second-order valence-corrected chi connectivity index (χ2v) is 11.1. The summed E-state index contributed by atoms with van der Waals surface area (Å²) in [6, 6.07) is 10.4. The van der Waals surface area contributed by atoms with Gasteiger partial charge < -0.3 is 29.5 Å². The summed E-state index contributed by atoms with van der Waals surface area (Å²) in [5.41, 5.74) is 1.68. The van der Waals surface area contributed by atoms with Gasteiger partial charge in [-0.15, -0.1) is 0 Å². The Kier molecular flexibility index (Phi) is 7.14. The van der Waals surface area contributed by atoms with Crippen LogP contribution in [0, 0.1) is 5.92 Å². The number of anilines is 2. The Morgan fingerprint density at radius 2 is 1.76 bits per heavy atom. The number of rotatable bonds is 5. The number of fused-ring (bicyclic) bond motifs is 1. The number of ether oxygens (including phenoxy) is 1. The molecule has 3 heterocycles.